The van der Waals surface area contributed by atoms with Gasteiger partial charge < -0.3 is 4.79 Å². The van der Waals surface area contributed by atoms with E-state index in [1.807, 2.05) is 0 Å². The van der Waals surface area contributed by atoms with Crippen LogP contribution >= 0.6 is 11.6 Å². The van der Waals surface area contributed by atoms with E-state index in [1.54, 1.807) is 0 Å². The standard InChI is InChI=1S/C11H8ClF3O/c12-7-1-2-8(10(6-16)3-4-10)9(5-7)11(13,14)15/h1-2,5-6H,3-4H2. The van der Waals surface area contributed by atoms with Gasteiger partial charge in [-0.15, -0.1) is 0 Å². The average molecular weight is 249 g/mol. The van der Waals surface area contributed by atoms with Gasteiger partial charge >= 0.3 is 6.18 Å². The van der Waals surface area contributed by atoms with E-state index in [1.165, 1.54) is 12.1 Å². The number of halogens is 4. The summed E-state index contributed by atoms with van der Waals surface area (Å²) in [4.78, 5) is 10.9. The third kappa shape index (κ3) is 1.82. The van der Waals surface area contributed by atoms with Gasteiger partial charge in [0.1, 0.15) is 6.29 Å². The number of benzene rings is 1. The Morgan fingerprint density at radius 3 is 2.38 bits per heavy atom. The number of rotatable bonds is 2. The van der Waals surface area contributed by atoms with Gasteiger partial charge in [0.2, 0.25) is 0 Å². The highest BCUT2D eigenvalue weighted by atomic mass is 35.5. The predicted molar refractivity (Wildman–Crippen MR) is 53.4 cm³/mol. The fourth-order valence-corrected chi connectivity index (χ4v) is 1.94. The maximum atomic E-state index is 12.7. The maximum Gasteiger partial charge on any atom is 0.416 e. The molecule has 0 aliphatic heterocycles. The van der Waals surface area contributed by atoms with Crippen molar-refractivity contribution in [3.05, 3.63) is 34.3 Å². The van der Waals surface area contributed by atoms with Crippen LogP contribution < -0.4 is 0 Å². The molecule has 1 aliphatic rings. The van der Waals surface area contributed by atoms with E-state index in [0.29, 0.717) is 19.1 Å². The van der Waals surface area contributed by atoms with E-state index >= 15 is 0 Å². The molecule has 0 bridgehead atoms. The molecule has 0 unspecified atom stereocenters. The Bertz CT molecular complexity index is 435. The van der Waals surface area contributed by atoms with Crippen molar-refractivity contribution >= 4 is 17.9 Å². The molecule has 5 heteroatoms. The summed E-state index contributed by atoms with van der Waals surface area (Å²) >= 11 is 5.55. The van der Waals surface area contributed by atoms with Crippen molar-refractivity contribution in [3.63, 3.8) is 0 Å². The summed E-state index contributed by atoms with van der Waals surface area (Å²) in [7, 11) is 0. The summed E-state index contributed by atoms with van der Waals surface area (Å²) in [5.41, 5.74) is -1.70. The molecule has 0 N–H and O–H groups in total. The molecular weight excluding hydrogens is 241 g/mol. The van der Waals surface area contributed by atoms with Gasteiger partial charge in [-0.3, -0.25) is 0 Å². The molecule has 2 rings (SSSR count). The second kappa shape index (κ2) is 3.48. The predicted octanol–water partition coefficient (Wildman–Crippen LogP) is 3.59. The lowest BCUT2D eigenvalue weighted by atomic mass is 9.92. The van der Waals surface area contributed by atoms with Crippen LogP contribution in [0, 0.1) is 0 Å². The van der Waals surface area contributed by atoms with Gasteiger partial charge in [0, 0.05) is 5.02 Å². The molecule has 1 aromatic rings. The van der Waals surface area contributed by atoms with Crippen LogP contribution in [0.1, 0.15) is 24.0 Å². The maximum absolute atomic E-state index is 12.7. The summed E-state index contributed by atoms with van der Waals surface area (Å²) in [6, 6.07) is 3.56. The first kappa shape index (κ1) is 11.5. The van der Waals surface area contributed by atoms with Crippen molar-refractivity contribution in [2.24, 2.45) is 0 Å². The summed E-state index contributed by atoms with van der Waals surface area (Å²) < 4.78 is 38.2. The molecule has 1 aromatic carbocycles. The zero-order valence-corrected chi connectivity index (χ0v) is 8.90. The van der Waals surface area contributed by atoms with E-state index in [4.69, 9.17) is 11.6 Å². The number of hydrogen-bond acceptors (Lipinski definition) is 1. The van der Waals surface area contributed by atoms with Gasteiger partial charge in [-0.1, -0.05) is 17.7 Å². The molecule has 16 heavy (non-hydrogen) atoms. The Morgan fingerprint density at radius 2 is 1.94 bits per heavy atom. The van der Waals surface area contributed by atoms with Crippen LogP contribution in [0.3, 0.4) is 0 Å². The molecule has 0 saturated heterocycles. The summed E-state index contributed by atoms with van der Waals surface area (Å²) in [5.74, 6) is 0. The van der Waals surface area contributed by atoms with Crippen LogP contribution in [0.4, 0.5) is 13.2 Å². The Balaban J connectivity index is 2.57. The minimum absolute atomic E-state index is 0.0257. The van der Waals surface area contributed by atoms with E-state index in [9.17, 15) is 18.0 Å². The molecule has 1 aliphatic carbocycles. The molecule has 86 valence electrons. The third-order valence-electron chi connectivity index (χ3n) is 2.84. The minimum atomic E-state index is -4.47. The molecule has 0 spiro atoms. The smallest absolute Gasteiger partial charge is 0.302 e. The number of hydrogen-bond donors (Lipinski definition) is 0. The number of aldehydes is 1. The Morgan fingerprint density at radius 1 is 1.31 bits per heavy atom. The second-order valence-electron chi connectivity index (χ2n) is 3.96. The summed E-state index contributed by atoms with van der Waals surface area (Å²) in [6.45, 7) is 0. The normalized spacial score (nSPS) is 18.2. The zero-order valence-electron chi connectivity index (χ0n) is 8.14. The lowest BCUT2D eigenvalue weighted by Gasteiger charge is -2.16. The van der Waals surface area contributed by atoms with Gasteiger partial charge in [0.15, 0.2) is 0 Å². The second-order valence-corrected chi connectivity index (χ2v) is 4.40. The van der Waals surface area contributed by atoms with Crippen molar-refractivity contribution in [1.82, 2.24) is 0 Å². The van der Waals surface area contributed by atoms with Crippen molar-refractivity contribution < 1.29 is 18.0 Å². The van der Waals surface area contributed by atoms with E-state index in [2.05, 4.69) is 0 Å². The Hall–Kier alpha value is -1.03. The van der Waals surface area contributed by atoms with Gasteiger partial charge in [0.05, 0.1) is 11.0 Å². The monoisotopic (exact) mass is 248 g/mol. The molecule has 1 fully saturated rings. The SMILES string of the molecule is O=CC1(c2ccc(Cl)cc2C(F)(F)F)CC1. The molecule has 0 aromatic heterocycles. The fourth-order valence-electron chi connectivity index (χ4n) is 1.77. The first-order valence-electron chi connectivity index (χ1n) is 4.73. The number of alkyl halides is 3. The highest BCUT2D eigenvalue weighted by Gasteiger charge is 2.49. The summed E-state index contributed by atoms with van der Waals surface area (Å²) in [6.07, 6.45) is -2.92. The molecule has 0 radical (unpaired) electrons. The number of carbonyl (C=O) groups excluding carboxylic acids is 1. The van der Waals surface area contributed by atoms with Crippen LogP contribution in [0.2, 0.25) is 5.02 Å². The largest absolute Gasteiger partial charge is 0.416 e. The third-order valence-corrected chi connectivity index (χ3v) is 3.07. The lowest BCUT2D eigenvalue weighted by molar-refractivity contribution is -0.138. The van der Waals surface area contributed by atoms with Crippen molar-refractivity contribution in [2.45, 2.75) is 24.4 Å². The Labute approximate surface area is 95.2 Å². The average Bonchev–Trinajstić information content (AvgIpc) is 2.97. The highest BCUT2D eigenvalue weighted by molar-refractivity contribution is 6.30. The zero-order chi connectivity index (χ0) is 12.0. The quantitative estimate of drug-likeness (QED) is 0.731. The summed E-state index contributed by atoms with van der Waals surface area (Å²) in [5, 5.41) is 0.0257. The van der Waals surface area contributed by atoms with Gasteiger partial charge in [0.25, 0.3) is 0 Å². The van der Waals surface area contributed by atoms with Crippen LogP contribution in [-0.4, -0.2) is 6.29 Å². The molecule has 0 amide bonds. The molecular formula is C11H8ClF3O. The first-order valence-corrected chi connectivity index (χ1v) is 5.10. The van der Waals surface area contributed by atoms with Crippen LogP contribution in [0.15, 0.2) is 18.2 Å². The first-order chi connectivity index (χ1) is 7.39. The molecule has 1 nitrogen and oxygen atoms in total. The van der Waals surface area contributed by atoms with Crippen molar-refractivity contribution in [1.29, 1.82) is 0 Å². The highest BCUT2D eigenvalue weighted by Crippen LogP contribution is 2.50. The van der Waals surface area contributed by atoms with Crippen molar-refractivity contribution in [3.8, 4) is 0 Å². The lowest BCUT2D eigenvalue weighted by Crippen LogP contribution is -2.17. The minimum Gasteiger partial charge on any atom is -0.302 e. The van der Waals surface area contributed by atoms with Crippen LogP contribution in [-0.2, 0) is 16.4 Å². The van der Waals surface area contributed by atoms with Crippen molar-refractivity contribution in [2.75, 3.05) is 0 Å². The molecule has 1 saturated carbocycles. The number of carbonyl (C=O) groups is 1. The Kier molecular flexibility index (Phi) is 2.49. The van der Waals surface area contributed by atoms with Crippen LogP contribution in [0.25, 0.3) is 0 Å². The van der Waals surface area contributed by atoms with Gasteiger partial charge in [-0.05, 0) is 30.5 Å². The van der Waals surface area contributed by atoms with E-state index in [0.717, 1.165) is 6.07 Å². The fraction of sp³-hybridized carbons (Fsp3) is 0.364. The molecule has 0 atom stereocenters. The molecule has 0 heterocycles. The van der Waals surface area contributed by atoms with E-state index in [-0.39, 0.29) is 10.6 Å². The van der Waals surface area contributed by atoms with Crippen LogP contribution in [0.5, 0.6) is 0 Å². The van der Waals surface area contributed by atoms with Gasteiger partial charge in [-0.25, -0.2) is 0 Å². The van der Waals surface area contributed by atoms with Gasteiger partial charge in [-0.2, -0.15) is 13.2 Å². The topological polar surface area (TPSA) is 17.1 Å². The van der Waals surface area contributed by atoms with E-state index < -0.39 is 17.2 Å².